The molecule has 0 spiro atoms. The Morgan fingerprint density at radius 1 is 1.14 bits per heavy atom. The molecule has 0 saturated carbocycles. The number of likely N-dealkylation sites (N-methyl/N-ethyl adjacent to an activating group) is 1. The maximum atomic E-state index is 6.17. The Kier molecular flexibility index (Phi) is 6.49. The van der Waals surface area contributed by atoms with Gasteiger partial charge in [0.1, 0.15) is 11.5 Å². The number of rotatable bonds is 8. The van der Waals surface area contributed by atoms with Crippen molar-refractivity contribution in [1.29, 1.82) is 0 Å². The number of hydrogen-bond donors (Lipinski definition) is 1. The van der Waals surface area contributed by atoms with Crippen LogP contribution in [-0.4, -0.2) is 31.1 Å². The second kappa shape index (κ2) is 8.37. The summed E-state index contributed by atoms with van der Waals surface area (Å²) >= 11 is 6.17. The van der Waals surface area contributed by atoms with Gasteiger partial charge in [0.05, 0.1) is 6.54 Å². The van der Waals surface area contributed by atoms with Gasteiger partial charge in [-0.3, -0.25) is 0 Å². The highest BCUT2D eigenvalue weighted by Gasteiger charge is 2.06. The Labute approximate surface area is 138 Å². The minimum atomic E-state index is 0.751. The van der Waals surface area contributed by atoms with E-state index in [2.05, 4.69) is 24.1 Å². The van der Waals surface area contributed by atoms with Crippen molar-refractivity contribution in [2.45, 2.75) is 27.3 Å². The lowest BCUT2D eigenvalue weighted by molar-refractivity contribution is 0.300. The van der Waals surface area contributed by atoms with E-state index >= 15 is 0 Å². The molecule has 2 aromatic rings. The van der Waals surface area contributed by atoms with Crippen LogP contribution in [0.1, 0.15) is 25.2 Å². The minimum absolute atomic E-state index is 0.751. The normalized spacial score (nSPS) is 11.3. The van der Waals surface area contributed by atoms with Gasteiger partial charge in [0.15, 0.2) is 0 Å². The van der Waals surface area contributed by atoms with E-state index in [1.165, 1.54) is 0 Å². The van der Waals surface area contributed by atoms with Crippen LogP contribution < -0.4 is 5.32 Å². The summed E-state index contributed by atoms with van der Waals surface area (Å²) in [6.07, 6.45) is 0. The van der Waals surface area contributed by atoms with Crippen molar-refractivity contribution in [2.24, 2.45) is 0 Å². The number of halogens is 1. The standard InChI is InChI=1S/C18H25ClN2O/c1-4-21(5-2)11-10-20-13-16-8-9-18(22-16)15-7-6-14(3)17(19)12-15/h6-9,12,20H,4-5,10-11,13H2,1-3H3. The van der Waals surface area contributed by atoms with Gasteiger partial charge < -0.3 is 14.6 Å². The lowest BCUT2D eigenvalue weighted by atomic mass is 10.1. The molecule has 0 aliphatic heterocycles. The van der Waals surface area contributed by atoms with Crippen LogP contribution in [0.3, 0.4) is 0 Å². The van der Waals surface area contributed by atoms with Crippen LogP contribution in [0.15, 0.2) is 34.7 Å². The first-order chi connectivity index (χ1) is 10.6. The smallest absolute Gasteiger partial charge is 0.134 e. The lowest BCUT2D eigenvalue weighted by Gasteiger charge is -2.17. The maximum absolute atomic E-state index is 6.17. The predicted octanol–water partition coefficient (Wildman–Crippen LogP) is 4.34. The van der Waals surface area contributed by atoms with Crippen LogP contribution in [0.4, 0.5) is 0 Å². The zero-order chi connectivity index (χ0) is 15.9. The maximum Gasteiger partial charge on any atom is 0.134 e. The van der Waals surface area contributed by atoms with E-state index < -0.39 is 0 Å². The zero-order valence-electron chi connectivity index (χ0n) is 13.7. The fourth-order valence-electron chi connectivity index (χ4n) is 2.36. The highest BCUT2D eigenvalue weighted by molar-refractivity contribution is 6.31. The van der Waals surface area contributed by atoms with E-state index in [9.17, 15) is 0 Å². The SMILES string of the molecule is CCN(CC)CCNCc1ccc(-c2ccc(C)c(Cl)c2)o1. The topological polar surface area (TPSA) is 28.4 Å². The van der Waals surface area contributed by atoms with Crippen molar-refractivity contribution in [3.05, 3.63) is 46.7 Å². The molecule has 3 nitrogen and oxygen atoms in total. The summed E-state index contributed by atoms with van der Waals surface area (Å²) in [6, 6.07) is 10.0. The molecule has 0 amide bonds. The van der Waals surface area contributed by atoms with E-state index in [0.717, 1.165) is 60.4 Å². The van der Waals surface area contributed by atoms with E-state index in [4.69, 9.17) is 16.0 Å². The third-order valence-corrected chi connectivity index (χ3v) is 4.32. The van der Waals surface area contributed by atoms with Crippen molar-refractivity contribution in [2.75, 3.05) is 26.2 Å². The highest BCUT2D eigenvalue weighted by Crippen LogP contribution is 2.26. The van der Waals surface area contributed by atoms with Gasteiger partial charge in [-0.05, 0) is 43.8 Å². The summed E-state index contributed by atoms with van der Waals surface area (Å²) < 4.78 is 5.89. The third-order valence-electron chi connectivity index (χ3n) is 3.92. The summed E-state index contributed by atoms with van der Waals surface area (Å²) in [5.74, 6) is 1.81. The highest BCUT2D eigenvalue weighted by atomic mass is 35.5. The lowest BCUT2D eigenvalue weighted by Crippen LogP contribution is -2.31. The molecule has 1 aromatic carbocycles. The van der Waals surface area contributed by atoms with Crippen LogP contribution in [0.5, 0.6) is 0 Å². The zero-order valence-corrected chi connectivity index (χ0v) is 14.4. The molecule has 1 aromatic heterocycles. The second-order valence-electron chi connectivity index (χ2n) is 5.43. The Hall–Kier alpha value is -1.29. The van der Waals surface area contributed by atoms with Crippen LogP contribution in [0.25, 0.3) is 11.3 Å². The summed E-state index contributed by atoms with van der Waals surface area (Å²) in [4.78, 5) is 2.40. The summed E-state index contributed by atoms with van der Waals surface area (Å²) in [7, 11) is 0. The quantitative estimate of drug-likeness (QED) is 0.733. The van der Waals surface area contributed by atoms with Gasteiger partial charge in [-0.15, -0.1) is 0 Å². The van der Waals surface area contributed by atoms with E-state index in [-0.39, 0.29) is 0 Å². The van der Waals surface area contributed by atoms with Crippen molar-refractivity contribution >= 4 is 11.6 Å². The fraction of sp³-hybridized carbons (Fsp3) is 0.444. The Bertz CT molecular complexity index is 591. The largest absolute Gasteiger partial charge is 0.460 e. The van der Waals surface area contributed by atoms with Crippen LogP contribution in [0, 0.1) is 6.92 Å². The Morgan fingerprint density at radius 3 is 2.59 bits per heavy atom. The number of hydrogen-bond acceptors (Lipinski definition) is 3. The monoisotopic (exact) mass is 320 g/mol. The molecule has 0 aliphatic rings. The van der Waals surface area contributed by atoms with Gasteiger partial charge in [0.2, 0.25) is 0 Å². The van der Waals surface area contributed by atoms with Crippen LogP contribution >= 0.6 is 11.6 Å². The number of furan rings is 1. The fourth-order valence-corrected chi connectivity index (χ4v) is 2.54. The summed E-state index contributed by atoms with van der Waals surface area (Å²) in [5.41, 5.74) is 2.10. The first-order valence-corrected chi connectivity index (χ1v) is 8.30. The van der Waals surface area contributed by atoms with Crippen molar-refractivity contribution in [3.8, 4) is 11.3 Å². The molecule has 0 atom stereocenters. The molecule has 0 fully saturated rings. The predicted molar refractivity (Wildman–Crippen MR) is 93.4 cm³/mol. The first kappa shape index (κ1) is 17.1. The molecule has 0 radical (unpaired) electrons. The molecule has 4 heteroatoms. The van der Waals surface area contributed by atoms with Crippen LogP contribution in [0.2, 0.25) is 5.02 Å². The van der Waals surface area contributed by atoms with Crippen molar-refractivity contribution < 1.29 is 4.42 Å². The Balaban J connectivity index is 1.87. The van der Waals surface area contributed by atoms with Gasteiger partial charge >= 0.3 is 0 Å². The van der Waals surface area contributed by atoms with E-state index in [1.807, 2.05) is 37.3 Å². The van der Waals surface area contributed by atoms with Gasteiger partial charge in [-0.1, -0.05) is 37.6 Å². The number of nitrogens with zero attached hydrogens (tertiary/aromatic N) is 1. The number of benzene rings is 1. The first-order valence-electron chi connectivity index (χ1n) is 7.92. The number of aryl methyl sites for hydroxylation is 1. The molecular formula is C18H25ClN2O. The van der Waals surface area contributed by atoms with Gasteiger partial charge in [0.25, 0.3) is 0 Å². The second-order valence-corrected chi connectivity index (χ2v) is 5.84. The molecule has 2 rings (SSSR count). The van der Waals surface area contributed by atoms with Crippen molar-refractivity contribution in [1.82, 2.24) is 10.2 Å². The summed E-state index contributed by atoms with van der Waals surface area (Å²) in [6.45, 7) is 11.3. The minimum Gasteiger partial charge on any atom is -0.460 e. The van der Waals surface area contributed by atoms with E-state index in [0.29, 0.717) is 0 Å². The van der Waals surface area contributed by atoms with Crippen molar-refractivity contribution in [3.63, 3.8) is 0 Å². The van der Waals surface area contributed by atoms with Crippen LogP contribution in [-0.2, 0) is 6.54 Å². The van der Waals surface area contributed by atoms with Gasteiger partial charge in [-0.25, -0.2) is 0 Å². The molecule has 0 aliphatic carbocycles. The van der Waals surface area contributed by atoms with Gasteiger partial charge in [0, 0.05) is 23.7 Å². The van der Waals surface area contributed by atoms with E-state index in [1.54, 1.807) is 0 Å². The number of nitrogens with one attached hydrogen (secondary N) is 1. The third kappa shape index (κ3) is 4.60. The molecule has 0 unspecified atom stereocenters. The average molecular weight is 321 g/mol. The molecule has 22 heavy (non-hydrogen) atoms. The molecule has 1 N–H and O–H groups in total. The molecule has 0 bridgehead atoms. The van der Waals surface area contributed by atoms with Gasteiger partial charge in [-0.2, -0.15) is 0 Å². The molecule has 120 valence electrons. The Morgan fingerprint density at radius 2 is 1.91 bits per heavy atom. The average Bonchev–Trinajstić information content (AvgIpc) is 2.99. The molecule has 0 saturated heterocycles. The molecular weight excluding hydrogens is 296 g/mol. The molecule has 1 heterocycles. The summed E-state index contributed by atoms with van der Waals surface area (Å²) in [5, 5.41) is 4.20.